The first-order chi connectivity index (χ1) is 11.1. The summed E-state index contributed by atoms with van der Waals surface area (Å²) in [6, 6.07) is 9.24. The Balaban J connectivity index is 1.71. The zero-order chi connectivity index (χ0) is 16.7. The van der Waals surface area contributed by atoms with Gasteiger partial charge >= 0.3 is 5.97 Å². The molecule has 2 amide bonds. The van der Waals surface area contributed by atoms with Crippen LogP contribution in [0.15, 0.2) is 30.3 Å². The van der Waals surface area contributed by atoms with Crippen molar-refractivity contribution in [1.82, 2.24) is 15.6 Å². The van der Waals surface area contributed by atoms with Gasteiger partial charge in [0.05, 0.1) is 12.3 Å². The van der Waals surface area contributed by atoms with Gasteiger partial charge in [-0.15, -0.1) is 11.8 Å². The molecule has 7 nitrogen and oxygen atoms in total. The van der Waals surface area contributed by atoms with E-state index in [2.05, 4.69) is 15.6 Å². The van der Waals surface area contributed by atoms with Crippen LogP contribution < -0.4 is 10.6 Å². The number of fused-ring (bicyclic) bond motifs is 1. The highest BCUT2D eigenvalue weighted by Gasteiger charge is 2.10. The van der Waals surface area contributed by atoms with Gasteiger partial charge in [-0.3, -0.25) is 14.4 Å². The molecule has 0 radical (unpaired) electrons. The number of aromatic amines is 1. The van der Waals surface area contributed by atoms with E-state index >= 15 is 0 Å². The number of aromatic nitrogens is 1. The Kier molecular flexibility index (Phi) is 6.04. The molecule has 8 heteroatoms. The predicted octanol–water partition coefficient (Wildman–Crippen LogP) is 0.832. The monoisotopic (exact) mass is 335 g/mol. The van der Waals surface area contributed by atoms with Crippen LogP contribution in [0.2, 0.25) is 0 Å². The lowest BCUT2D eigenvalue weighted by molar-refractivity contribution is -0.133. The summed E-state index contributed by atoms with van der Waals surface area (Å²) >= 11 is 1.22. The van der Waals surface area contributed by atoms with Crippen LogP contribution in [0.3, 0.4) is 0 Å². The zero-order valence-corrected chi connectivity index (χ0v) is 13.1. The minimum Gasteiger partial charge on any atom is -0.481 e. The lowest BCUT2D eigenvalue weighted by Crippen LogP contribution is -2.37. The summed E-state index contributed by atoms with van der Waals surface area (Å²) in [5.41, 5.74) is 1.26. The number of carboxylic acids is 1. The van der Waals surface area contributed by atoms with Crippen molar-refractivity contribution in [3.63, 3.8) is 0 Å². The molecule has 1 aromatic carbocycles. The van der Waals surface area contributed by atoms with Crippen LogP contribution in [-0.4, -0.2) is 52.5 Å². The van der Waals surface area contributed by atoms with Gasteiger partial charge in [-0.25, -0.2) is 0 Å². The Hall–Kier alpha value is -2.48. The standard InChI is InChI=1S/C15H17N3O4S/c19-13(16-5-6-23-9-14(20)21)8-17-15(22)12-7-10-3-1-2-4-11(10)18-12/h1-4,7,18H,5-6,8-9H2,(H,16,19)(H,17,22)(H,20,21). The molecule has 0 fully saturated rings. The molecule has 122 valence electrons. The van der Waals surface area contributed by atoms with Gasteiger partial charge in [-0.05, 0) is 12.1 Å². The summed E-state index contributed by atoms with van der Waals surface area (Å²) in [5.74, 6) is -1.03. The van der Waals surface area contributed by atoms with Crippen molar-refractivity contribution in [2.75, 3.05) is 24.6 Å². The van der Waals surface area contributed by atoms with Crippen molar-refractivity contribution in [3.05, 3.63) is 36.0 Å². The van der Waals surface area contributed by atoms with E-state index in [1.807, 2.05) is 24.3 Å². The van der Waals surface area contributed by atoms with Gasteiger partial charge in [0, 0.05) is 23.2 Å². The summed E-state index contributed by atoms with van der Waals surface area (Å²) in [6.07, 6.45) is 0. The molecular formula is C15H17N3O4S. The fourth-order valence-electron chi connectivity index (χ4n) is 1.94. The maximum absolute atomic E-state index is 12.0. The summed E-state index contributed by atoms with van der Waals surface area (Å²) in [5, 5.41) is 14.5. The molecule has 1 aromatic heterocycles. The molecule has 0 bridgehead atoms. The lowest BCUT2D eigenvalue weighted by atomic mass is 10.2. The molecule has 0 unspecified atom stereocenters. The summed E-state index contributed by atoms with van der Waals surface area (Å²) in [7, 11) is 0. The number of nitrogens with one attached hydrogen (secondary N) is 3. The summed E-state index contributed by atoms with van der Waals surface area (Å²) in [6.45, 7) is 0.233. The highest BCUT2D eigenvalue weighted by molar-refractivity contribution is 7.99. The van der Waals surface area contributed by atoms with Crippen LogP contribution in [0.1, 0.15) is 10.5 Å². The zero-order valence-electron chi connectivity index (χ0n) is 12.3. The van der Waals surface area contributed by atoms with Gasteiger partial charge in [0.2, 0.25) is 5.91 Å². The molecule has 0 aliphatic rings. The summed E-state index contributed by atoms with van der Waals surface area (Å²) < 4.78 is 0. The first-order valence-corrected chi connectivity index (χ1v) is 8.14. The number of hydrogen-bond acceptors (Lipinski definition) is 4. The van der Waals surface area contributed by atoms with Gasteiger partial charge in [-0.1, -0.05) is 18.2 Å². The SMILES string of the molecule is O=C(O)CSCCNC(=O)CNC(=O)c1cc2ccccc2[nH]1. The second-order valence-corrected chi connectivity index (χ2v) is 5.85. The van der Waals surface area contributed by atoms with Crippen molar-refractivity contribution >= 4 is 40.4 Å². The van der Waals surface area contributed by atoms with Crippen molar-refractivity contribution in [2.24, 2.45) is 0 Å². The number of hydrogen-bond donors (Lipinski definition) is 4. The Labute approximate surface area is 136 Å². The first kappa shape index (κ1) is 16.9. The molecule has 0 saturated heterocycles. The van der Waals surface area contributed by atoms with Crippen molar-refractivity contribution in [1.29, 1.82) is 0 Å². The van der Waals surface area contributed by atoms with Crippen LogP contribution in [-0.2, 0) is 9.59 Å². The molecule has 23 heavy (non-hydrogen) atoms. The average molecular weight is 335 g/mol. The quantitative estimate of drug-likeness (QED) is 0.534. The number of H-pyrrole nitrogens is 1. The second kappa shape index (κ2) is 8.23. The summed E-state index contributed by atoms with van der Waals surface area (Å²) in [4.78, 5) is 36.9. The Morgan fingerprint density at radius 3 is 2.70 bits per heavy atom. The maximum Gasteiger partial charge on any atom is 0.313 e. The van der Waals surface area contributed by atoms with E-state index in [1.165, 1.54) is 11.8 Å². The minimum atomic E-state index is -0.882. The molecule has 4 N–H and O–H groups in total. The van der Waals surface area contributed by atoms with E-state index < -0.39 is 5.97 Å². The van der Waals surface area contributed by atoms with E-state index in [-0.39, 0.29) is 24.1 Å². The van der Waals surface area contributed by atoms with Crippen LogP contribution >= 0.6 is 11.8 Å². The number of thioether (sulfide) groups is 1. The van der Waals surface area contributed by atoms with Gasteiger partial charge in [-0.2, -0.15) is 0 Å². The highest BCUT2D eigenvalue weighted by atomic mass is 32.2. The van der Waals surface area contributed by atoms with Crippen LogP contribution in [0.4, 0.5) is 0 Å². The molecule has 0 atom stereocenters. The Morgan fingerprint density at radius 1 is 1.17 bits per heavy atom. The first-order valence-electron chi connectivity index (χ1n) is 6.98. The normalized spacial score (nSPS) is 10.4. The third kappa shape index (κ3) is 5.33. The topological polar surface area (TPSA) is 111 Å². The highest BCUT2D eigenvalue weighted by Crippen LogP contribution is 2.14. The number of carbonyl (C=O) groups is 3. The minimum absolute atomic E-state index is 0.00693. The molecule has 0 saturated carbocycles. The fraction of sp³-hybridized carbons (Fsp3) is 0.267. The van der Waals surface area contributed by atoms with Crippen molar-refractivity contribution in [2.45, 2.75) is 0 Å². The average Bonchev–Trinajstić information content (AvgIpc) is 2.96. The third-order valence-corrected chi connectivity index (χ3v) is 3.92. The van der Waals surface area contributed by atoms with Gasteiger partial charge < -0.3 is 20.7 Å². The molecule has 1 heterocycles. The molecule has 0 aliphatic carbocycles. The smallest absolute Gasteiger partial charge is 0.313 e. The van der Waals surface area contributed by atoms with Gasteiger partial charge in [0.15, 0.2) is 0 Å². The van der Waals surface area contributed by atoms with E-state index in [9.17, 15) is 14.4 Å². The van der Waals surface area contributed by atoms with E-state index in [1.54, 1.807) is 6.07 Å². The molecule has 2 rings (SSSR count). The largest absolute Gasteiger partial charge is 0.481 e. The van der Waals surface area contributed by atoms with Crippen molar-refractivity contribution < 1.29 is 19.5 Å². The number of carbonyl (C=O) groups excluding carboxylic acids is 2. The van der Waals surface area contributed by atoms with E-state index in [4.69, 9.17) is 5.11 Å². The van der Waals surface area contributed by atoms with E-state index in [0.29, 0.717) is 18.0 Å². The second-order valence-electron chi connectivity index (χ2n) is 4.75. The van der Waals surface area contributed by atoms with Crippen LogP contribution in [0.5, 0.6) is 0 Å². The fourth-order valence-corrected chi connectivity index (χ4v) is 2.50. The van der Waals surface area contributed by atoms with Crippen LogP contribution in [0, 0.1) is 0 Å². The molecule has 0 spiro atoms. The van der Waals surface area contributed by atoms with E-state index in [0.717, 1.165) is 10.9 Å². The molecule has 0 aliphatic heterocycles. The molecule has 2 aromatic rings. The number of rotatable bonds is 8. The molecular weight excluding hydrogens is 318 g/mol. The number of amides is 2. The Bertz CT molecular complexity index is 681. The number of carboxylic acid groups (broad SMARTS) is 1. The lowest BCUT2D eigenvalue weighted by Gasteiger charge is -2.05. The number of aliphatic carboxylic acids is 1. The third-order valence-electron chi connectivity index (χ3n) is 2.98. The van der Waals surface area contributed by atoms with Gasteiger partial charge in [0.1, 0.15) is 5.69 Å². The maximum atomic E-state index is 12.0. The number of benzene rings is 1. The number of para-hydroxylation sites is 1. The van der Waals surface area contributed by atoms with Crippen LogP contribution in [0.25, 0.3) is 10.9 Å². The van der Waals surface area contributed by atoms with Crippen molar-refractivity contribution in [3.8, 4) is 0 Å². The van der Waals surface area contributed by atoms with Gasteiger partial charge in [0.25, 0.3) is 5.91 Å². The Morgan fingerprint density at radius 2 is 1.96 bits per heavy atom. The predicted molar refractivity (Wildman–Crippen MR) is 88.6 cm³/mol.